The molecule has 3 aromatic rings. The van der Waals surface area contributed by atoms with Crippen LogP contribution < -0.4 is 4.90 Å². The molecule has 1 fully saturated rings. The van der Waals surface area contributed by atoms with Crippen molar-refractivity contribution in [2.45, 2.75) is 39.2 Å². The van der Waals surface area contributed by atoms with E-state index in [-0.39, 0.29) is 6.04 Å². The molecule has 4 rings (SSSR count). The number of aryl methyl sites for hydroxylation is 1. The van der Waals surface area contributed by atoms with Crippen molar-refractivity contribution in [2.24, 2.45) is 5.92 Å². The molecule has 134 valence electrons. The number of nitrogens with zero attached hydrogens (tertiary/aromatic N) is 5. The highest BCUT2D eigenvalue weighted by molar-refractivity contribution is 5.54. The average Bonchev–Trinajstić information content (AvgIpc) is 3.18. The summed E-state index contributed by atoms with van der Waals surface area (Å²) in [5, 5.41) is 0. The first-order valence-corrected chi connectivity index (χ1v) is 9.19. The van der Waals surface area contributed by atoms with Gasteiger partial charge in [-0.25, -0.2) is 9.97 Å². The molecule has 0 saturated carbocycles. The molecule has 6 heteroatoms. The number of hydrogen-bond donors (Lipinski definition) is 0. The molecule has 1 saturated heterocycles. The molecule has 2 atom stereocenters. The zero-order valence-corrected chi connectivity index (χ0v) is 15.2. The Morgan fingerprint density at radius 3 is 2.81 bits per heavy atom. The van der Waals surface area contributed by atoms with Crippen LogP contribution in [0, 0.1) is 5.92 Å². The molecule has 1 aliphatic heterocycles. The Morgan fingerprint density at radius 2 is 2.04 bits per heavy atom. The monoisotopic (exact) mass is 349 g/mol. The van der Waals surface area contributed by atoms with E-state index in [2.05, 4.69) is 45.8 Å². The highest BCUT2D eigenvalue weighted by Crippen LogP contribution is 2.37. The first kappa shape index (κ1) is 16.7. The van der Waals surface area contributed by atoms with E-state index < -0.39 is 0 Å². The molecule has 1 aliphatic rings. The maximum atomic E-state index is 6.07. The van der Waals surface area contributed by atoms with E-state index in [1.807, 2.05) is 6.07 Å². The third kappa shape index (κ3) is 3.31. The summed E-state index contributed by atoms with van der Waals surface area (Å²) in [4.78, 5) is 20.1. The lowest BCUT2D eigenvalue weighted by atomic mass is 9.91. The summed E-state index contributed by atoms with van der Waals surface area (Å²) in [6.45, 7) is 5.32. The van der Waals surface area contributed by atoms with E-state index in [4.69, 9.17) is 9.40 Å². The first-order valence-electron chi connectivity index (χ1n) is 9.19. The van der Waals surface area contributed by atoms with E-state index in [9.17, 15) is 0 Å². The third-order valence-electron chi connectivity index (χ3n) is 4.95. The average molecular weight is 349 g/mol. The van der Waals surface area contributed by atoms with E-state index in [1.165, 1.54) is 0 Å². The fourth-order valence-corrected chi connectivity index (χ4v) is 3.48. The van der Waals surface area contributed by atoms with Crippen molar-refractivity contribution in [1.82, 2.24) is 19.9 Å². The molecule has 4 heterocycles. The minimum atomic E-state index is 0.163. The fraction of sp³-hybridized carbons (Fsp3) is 0.400. The van der Waals surface area contributed by atoms with Crippen LogP contribution in [0.3, 0.4) is 0 Å². The second kappa shape index (κ2) is 7.23. The predicted octanol–water partition coefficient (Wildman–Crippen LogP) is 4.07. The minimum absolute atomic E-state index is 0.163. The molecule has 0 radical (unpaired) electrons. The smallest absolute Gasteiger partial charge is 0.226 e. The summed E-state index contributed by atoms with van der Waals surface area (Å²) in [7, 11) is 0. The summed E-state index contributed by atoms with van der Waals surface area (Å²) < 4.78 is 6.07. The summed E-state index contributed by atoms with van der Waals surface area (Å²) in [5.41, 5.74) is 1.54. The minimum Gasteiger partial charge on any atom is -0.464 e. The van der Waals surface area contributed by atoms with E-state index in [0.29, 0.717) is 5.92 Å². The largest absolute Gasteiger partial charge is 0.464 e. The Bertz CT molecular complexity index is 863. The molecule has 0 N–H and O–H groups in total. The number of anilines is 1. The van der Waals surface area contributed by atoms with Crippen LogP contribution in [-0.2, 0) is 6.42 Å². The van der Waals surface area contributed by atoms with Crippen LogP contribution in [0.2, 0.25) is 0 Å². The van der Waals surface area contributed by atoms with Crippen LogP contribution in [0.1, 0.15) is 44.3 Å². The van der Waals surface area contributed by atoms with Gasteiger partial charge in [0.1, 0.15) is 17.2 Å². The van der Waals surface area contributed by atoms with E-state index in [1.54, 1.807) is 24.8 Å². The van der Waals surface area contributed by atoms with Crippen LogP contribution in [0.15, 0.2) is 47.4 Å². The Kier molecular flexibility index (Phi) is 4.65. The normalized spacial score (nSPS) is 20.3. The van der Waals surface area contributed by atoms with Crippen LogP contribution in [0.4, 0.5) is 5.95 Å². The van der Waals surface area contributed by atoms with Gasteiger partial charge in [0, 0.05) is 31.6 Å². The van der Waals surface area contributed by atoms with Crippen molar-refractivity contribution >= 4 is 5.95 Å². The van der Waals surface area contributed by atoms with Crippen LogP contribution in [0.25, 0.3) is 11.4 Å². The van der Waals surface area contributed by atoms with Crippen molar-refractivity contribution in [3.8, 4) is 11.4 Å². The highest BCUT2D eigenvalue weighted by Gasteiger charge is 2.31. The maximum absolute atomic E-state index is 6.07. The Balaban J connectivity index is 1.68. The van der Waals surface area contributed by atoms with Crippen molar-refractivity contribution < 1.29 is 4.42 Å². The van der Waals surface area contributed by atoms with Gasteiger partial charge in [-0.2, -0.15) is 0 Å². The van der Waals surface area contributed by atoms with Gasteiger partial charge >= 0.3 is 0 Å². The van der Waals surface area contributed by atoms with Crippen LogP contribution in [-0.4, -0.2) is 26.5 Å². The molecule has 0 spiro atoms. The third-order valence-corrected chi connectivity index (χ3v) is 4.95. The van der Waals surface area contributed by atoms with Crippen LogP contribution >= 0.6 is 0 Å². The number of aromatic nitrogens is 4. The SMILES string of the molecule is CCc1ccc(C2CC(C)CCN2c2nccc(-c3cnccn3)n2)o1. The maximum Gasteiger partial charge on any atom is 0.226 e. The lowest BCUT2D eigenvalue weighted by Gasteiger charge is -2.37. The Hall–Kier alpha value is -2.76. The number of hydrogen-bond acceptors (Lipinski definition) is 6. The molecule has 0 amide bonds. The topological polar surface area (TPSA) is 67.9 Å². The lowest BCUT2D eigenvalue weighted by molar-refractivity contribution is 0.319. The quantitative estimate of drug-likeness (QED) is 0.707. The zero-order valence-electron chi connectivity index (χ0n) is 15.2. The molecular weight excluding hydrogens is 326 g/mol. The molecule has 26 heavy (non-hydrogen) atoms. The number of furan rings is 1. The molecule has 2 unspecified atom stereocenters. The molecule has 0 aromatic carbocycles. The van der Waals surface area contributed by atoms with Gasteiger partial charge in [-0.05, 0) is 37.0 Å². The van der Waals surface area contributed by atoms with Crippen molar-refractivity contribution in [1.29, 1.82) is 0 Å². The number of rotatable bonds is 4. The van der Waals surface area contributed by atoms with Crippen molar-refractivity contribution in [2.75, 3.05) is 11.4 Å². The lowest BCUT2D eigenvalue weighted by Crippen LogP contribution is -2.37. The second-order valence-corrected chi connectivity index (χ2v) is 6.83. The Morgan fingerprint density at radius 1 is 1.12 bits per heavy atom. The second-order valence-electron chi connectivity index (χ2n) is 6.83. The van der Waals surface area contributed by atoms with Gasteiger partial charge < -0.3 is 9.32 Å². The van der Waals surface area contributed by atoms with Gasteiger partial charge in [0.2, 0.25) is 5.95 Å². The summed E-state index contributed by atoms with van der Waals surface area (Å²) >= 11 is 0. The van der Waals surface area contributed by atoms with Gasteiger partial charge in [-0.3, -0.25) is 9.97 Å². The number of piperidine rings is 1. The standard InChI is InChI=1S/C20H23N5O/c1-3-15-4-5-19(26-15)18-12-14(2)7-11-25(18)20-23-8-6-16(24-20)17-13-21-9-10-22-17/h4-6,8-10,13-14,18H,3,7,11-12H2,1-2H3. The van der Waals surface area contributed by atoms with Gasteiger partial charge in [-0.15, -0.1) is 0 Å². The van der Waals surface area contributed by atoms with Gasteiger partial charge in [0.15, 0.2) is 0 Å². The van der Waals surface area contributed by atoms with E-state index >= 15 is 0 Å². The van der Waals surface area contributed by atoms with Gasteiger partial charge in [0.25, 0.3) is 0 Å². The molecule has 6 nitrogen and oxygen atoms in total. The predicted molar refractivity (Wildman–Crippen MR) is 99.6 cm³/mol. The van der Waals surface area contributed by atoms with Gasteiger partial charge in [0.05, 0.1) is 17.9 Å². The summed E-state index contributed by atoms with van der Waals surface area (Å²) in [5.74, 6) is 3.39. The summed E-state index contributed by atoms with van der Waals surface area (Å²) in [6, 6.07) is 6.21. The van der Waals surface area contributed by atoms with E-state index in [0.717, 1.165) is 54.7 Å². The van der Waals surface area contributed by atoms with Crippen molar-refractivity contribution in [3.63, 3.8) is 0 Å². The van der Waals surface area contributed by atoms with Crippen molar-refractivity contribution in [3.05, 3.63) is 54.5 Å². The fourth-order valence-electron chi connectivity index (χ4n) is 3.48. The zero-order chi connectivity index (χ0) is 17.9. The summed E-state index contributed by atoms with van der Waals surface area (Å²) in [6.07, 6.45) is 9.92. The molecule has 0 aliphatic carbocycles. The Labute approximate surface area is 153 Å². The molecule has 3 aromatic heterocycles. The highest BCUT2D eigenvalue weighted by atomic mass is 16.3. The van der Waals surface area contributed by atoms with Gasteiger partial charge in [-0.1, -0.05) is 13.8 Å². The molecule has 0 bridgehead atoms. The molecular formula is C20H23N5O. The first-order chi connectivity index (χ1) is 12.7. The van der Waals surface area contributed by atoms with Crippen LogP contribution in [0.5, 0.6) is 0 Å².